The molecular formula is C27H30N2O3S. The average molecular weight is 463 g/mol. The van der Waals surface area contributed by atoms with Gasteiger partial charge < -0.3 is 5.32 Å². The number of sulfonamides is 1. The number of nitrogens with zero attached hydrogens (tertiary/aromatic N) is 1. The second-order valence-electron chi connectivity index (χ2n) is 8.67. The van der Waals surface area contributed by atoms with E-state index >= 15 is 0 Å². The largest absolute Gasteiger partial charge is 0.341 e. The molecule has 3 aromatic carbocycles. The Kier molecular flexibility index (Phi) is 6.96. The number of aryl methyl sites for hydroxylation is 2. The van der Waals surface area contributed by atoms with Crippen LogP contribution in [-0.2, 0) is 10.0 Å². The Hall–Kier alpha value is -2.96. The van der Waals surface area contributed by atoms with Gasteiger partial charge in [0, 0.05) is 18.7 Å². The number of piperidine rings is 1. The maximum absolute atomic E-state index is 13.3. The Labute approximate surface area is 196 Å². The van der Waals surface area contributed by atoms with Gasteiger partial charge in [0.15, 0.2) is 0 Å². The molecule has 3 aromatic rings. The molecule has 1 N–H and O–H groups in total. The van der Waals surface area contributed by atoms with Crippen molar-refractivity contribution in [1.29, 1.82) is 0 Å². The predicted octanol–water partition coefficient (Wildman–Crippen LogP) is 5.00. The minimum Gasteiger partial charge on any atom is -0.341 e. The van der Waals surface area contributed by atoms with E-state index in [1.165, 1.54) is 6.07 Å². The molecule has 1 saturated heterocycles. The van der Waals surface area contributed by atoms with Gasteiger partial charge in [-0.2, -0.15) is 4.31 Å². The summed E-state index contributed by atoms with van der Waals surface area (Å²) in [4.78, 5) is 13.5. The molecule has 1 unspecified atom stereocenters. The summed E-state index contributed by atoms with van der Waals surface area (Å²) >= 11 is 0. The van der Waals surface area contributed by atoms with Gasteiger partial charge in [-0.25, -0.2) is 8.42 Å². The van der Waals surface area contributed by atoms with Crippen molar-refractivity contribution in [3.8, 4) is 0 Å². The van der Waals surface area contributed by atoms with Gasteiger partial charge in [-0.1, -0.05) is 72.6 Å². The van der Waals surface area contributed by atoms with Crippen molar-refractivity contribution < 1.29 is 13.2 Å². The smallest absolute Gasteiger partial charge is 0.252 e. The molecule has 4 rings (SSSR count). The van der Waals surface area contributed by atoms with Crippen LogP contribution in [-0.4, -0.2) is 31.7 Å². The zero-order valence-corrected chi connectivity index (χ0v) is 19.9. The van der Waals surface area contributed by atoms with Crippen LogP contribution in [0.25, 0.3) is 0 Å². The highest BCUT2D eigenvalue weighted by atomic mass is 32.2. The number of hydrogen-bond acceptors (Lipinski definition) is 3. The second kappa shape index (κ2) is 9.89. The van der Waals surface area contributed by atoms with Crippen LogP contribution in [0.4, 0.5) is 0 Å². The monoisotopic (exact) mass is 462 g/mol. The fourth-order valence-electron chi connectivity index (χ4n) is 4.24. The molecule has 1 amide bonds. The van der Waals surface area contributed by atoms with Crippen molar-refractivity contribution in [2.24, 2.45) is 0 Å². The number of nitrogens with one attached hydrogen (secondary N) is 1. The lowest BCUT2D eigenvalue weighted by atomic mass is 9.97. The second-order valence-corrected chi connectivity index (χ2v) is 10.6. The van der Waals surface area contributed by atoms with Crippen LogP contribution < -0.4 is 5.32 Å². The van der Waals surface area contributed by atoms with E-state index in [2.05, 4.69) is 5.32 Å². The van der Waals surface area contributed by atoms with E-state index in [4.69, 9.17) is 0 Å². The van der Waals surface area contributed by atoms with Crippen LogP contribution in [0.5, 0.6) is 0 Å². The molecule has 172 valence electrons. The van der Waals surface area contributed by atoms with Gasteiger partial charge in [0.2, 0.25) is 10.0 Å². The number of rotatable bonds is 6. The Balaban J connectivity index is 1.65. The first-order chi connectivity index (χ1) is 15.9. The predicted molar refractivity (Wildman–Crippen MR) is 131 cm³/mol. The molecule has 0 aliphatic carbocycles. The molecule has 1 fully saturated rings. The van der Waals surface area contributed by atoms with E-state index in [-0.39, 0.29) is 16.8 Å². The summed E-state index contributed by atoms with van der Waals surface area (Å²) in [6.45, 7) is 4.86. The summed E-state index contributed by atoms with van der Waals surface area (Å²) in [7, 11) is -3.63. The lowest BCUT2D eigenvalue weighted by Crippen LogP contribution is -2.36. The normalized spacial score (nSPS) is 15.7. The van der Waals surface area contributed by atoms with Crippen LogP contribution in [0.15, 0.2) is 77.7 Å². The highest BCUT2D eigenvalue weighted by molar-refractivity contribution is 7.89. The summed E-state index contributed by atoms with van der Waals surface area (Å²) in [6, 6.07) is 22.4. The van der Waals surface area contributed by atoms with Crippen LogP contribution in [0.1, 0.15) is 57.9 Å². The molecule has 5 nitrogen and oxygen atoms in total. The van der Waals surface area contributed by atoms with Gasteiger partial charge in [-0.15, -0.1) is 0 Å². The standard InChI is InChI=1S/C27H30N2O3S/c1-20-11-14-23(15-12-20)26(22-9-5-3-6-10-22)28-27(30)24-16-13-21(2)25(19-24)33(31,32)29-17-7-4-8-18-29/h3,5-6,9-16,19,26H,4,7-8,17-18H2,1-2H3,(H,28,30). The van der Waals surface area contributed by atoms with E-state index in [0.717, 1.165) is 36.0 Å². The zero-order chi connectivity index (χ0) is 23.4. The molecule has 0 radical (unpaired) electrons. The molecule has 0 spiro atoms. The maximum Gasteiger partial charge on any atom is 0.252 e. The molecule has 33 heavy (non-hydrogen) atoms. The third-order valence-corrected chi connectivity index (χ3v) is 8.24. The first-order valence-corrected chi connectivity index (χ1v) is 12.8. The molecule has 0 aromatic heterocycles. The molecule has 0 bridgehead atoms. The molecule has 1 aliphatic heterocycles. The van der Waals surface area contributed by atoms with E-state index < -0.39 is 10.0 Å². The Morgan fingerprint density at radius 3 is 2.15 bits per heavy atom. The van der Waals surface area contributed by atoms with Crippen molar-refractivity contribution >= 4 is 15.9 Å². The van der Waals surface area contributed by atoms with Gasteiger partial charge in [0.1, 0.15) is 0 Å². The highest BCUT2D eigenvalue weighted by Crippen LogP contribution is 2.26. The summed E-state index contributed by atoms with van der Waals surface area (Å²) in [5.74, 6) is -0.306. The zero-order valence-electron chi connectivity index (χ0n) is 19.1. The van der Waals surface area contributed by atoms with Crippen molar-refractivity contribution in [2.45, 2.75) is 44.0 Å². The highest BCUT2D eigenvalue weighted by Gasteiger charge is 2.28. The number of benzene rings is 3. The first-order valence-electron chi connectivity index (χ1n) is 11.4. The van der Waals surface area contributed by atoms with Gasteiger partial charge in [-0.3, -0.25) is 4.79 Å². The minimum atomic E-state index is -3.63. The van der Waals surface area contributed by atoms with E-state index in [1.54, 1.807) is 23.4 Å². The van der Waals surface area contributed by atoms with E-state index in [0.29, 0.717) is 24.2 Å². The van der Waals surface area contributed by atoms with Crippen molar-refractivity contribution in [3.05, 3.63) is 101 Å². The van der Waals surface area contributed by atoms with Crippen LogP contribution in [0.3, 0.4) is 0 Å². The fourth-order valence-corrected chi connectivity index (χ4v) is 6.01. The molecule has 1 atom stereocenters. The number of amides is 1. The van der Waals surface area contributed by atoms with Gasteiger partial charge >= 0.3 is 0 Å². The topological polar surface area (TPSA) is 66.5 Å². The van der Waals surface area contributed by atoms with Crippen molar-refractivity contribution in [1.82, 2.24) is 9.62 Å². The number of carbonyl (C=O) groups is 1. The molecule has 6 heteroatoms. The fraction of sp³-hybridized carbons (Fsp3) is 0.296. The van der Waals surface area contributed by atoms with Crippen molar-refractivity contribution in [3.63, 3.8) is 0 Å². The van der Waals surface area contributed by atoms with E-state index in [9.17, 15) is 13.2 Å². The molecule has 0 saturated carbocycles. The van der Waals surface area contributed by atoms with E-state index in [1.807, 2.05) is 61.5 Å². The lowest BCUT2D eigenvalue weighted by Gasteiger charge is -2.27. The molecule has 1 aliphatic rings. The molecule has 1 heterocycles. The van der Waals surface area contributed by atoms with Gasteiger partial charge in [0.05, 0.1) is 10.9 Å². The SMILES string of the molecule is Cc1ccc(C(NC(=O)c2ccc(C)c(S(=O)(=O)N3CCCCC3)c2)c2ccccc2)cc1. The summed E-state index contributed by atoms with van der Waals surface area (Å²) in [5, 5.41) is 3.12. The Bertz CT molecular complexity index is 1220. The summed E-state index contributed by atoms with van der Waals surface area (Å²) < 4.78 is 28.1. The van der Waals surface area contributed by atoms with Gasteiger partial charge in [0.25, 0.3) is 5.91 Å². The Morgan fingerprint density at radius 2 is 1.48 bits per heavy atom. The average Bonchev–Trinajstić information content (AvgIpc) is 2.84. The first kappa shape index (κ1) is 23.2. The van der Waals surface area contributed by atoms with Crippen LogP contribution in [0, 0.1) is 13.8 Å². The quantitative estimate of drug-likeness (QED) is 0.561. The third-order valence-electron chi connectivity index (χ3n) is 6.20. The summed E-state index contributed by atoms with van der Waals surface area (Å²) in [5.41, 5.74) is 4.05. The number of carbonyl (C=O) groups excluding carboxylic acids is 1. The number of hydrogen-bond donors (Lipinski definition) is 1. The van der Waals surface area contributed by atoms with Gasteiger partial charge in [-0.05, 0) is 55.5 Å². The Morgan fingerprint density at radius 1 is 0.848 bits per heavy atom. The summed E-state index contributed by atoms with van der Waals surface area (Å²) in [6.07, 6.45) is 2.79. The van der Waals surface area contributed by atoms with Crippen molar-refractivity contribution in [2.75, 3.05) is 13.1 Å². The molecular weight excluding hydrogens is 432 g/mol. The maximum atomic E-state index is 13.3. The third kappa shape index (κ3) is 5.18. The van der Waals surface area contributed by atoms with Crippen LogP contribution in [0.2, 0.25) is 0 Å². The minimum absolute atomic E-state index is 0.212. The van der Waals surface area contributed by atoms with Crippen LogP contribution >= 0.6 is 0 Å². The lowest BCUT2D eigenvalue weighted by molar-refractivity contribution is 0.0942.